The molecule has 0 radical (unpaired) electrons. The Labute approximate surface area is 338 Å². The normalized spacial score (nSPS) is 17.1. The molecule has 0 saturated carbocycles. The zero-order valence-corrected chi connectivity index (χ0v) is 33.9. The molecule has 0 aliphatic carbocycles. The predicted octanol–water partition coefficient (Wildman–Crippen LogP) is 4.51. The van der Waals surface area contributed by atoms with Gasteiger partial charge < -0.3 is 31.1 Å². The number of ketones is 3. The highest BCUT2D eigenvalue weighted by molar-refractivity contribution is 6.38. The van der Waals surface area contributed by atoms with Crippen LogP contribution in [-0.4, -0.2) is 87.3 Å². The Balaban J connectivity index is 1.88. The van der Waals surface area contributed by atoms with Crippen molar-refractivity contribution in [1.29, 1.82) is 0 Å². The van der Waals surface area contributed by atoms with Gasteiger partial charge >= 0.3 is 5.97 Å². The molecule has 1 unspecified atom stereocenters. The van der Waals surface area contributed by atoms with Gasteiger partial charge in [0.25, 0.3) is 5.91 Å². The first-order valence-electron chi connectivity index (χ1n) is 18.9. The molecule has 1 heterocycles. The van der Waals surface area contributed by atoms with Crippen LogP contribution in [0.5, 0.6) is 0 Å². The summed E-state index contributed by atoms with van der Waals surface area (Å²) in [5, 5.41) is 14.0. The summed E-state index contributed by atoms with van der Waals surface area (Å²) in [5.41, 5.74) is 0.267. The third-order valence-electron chi connectivity index (χ3n) is 9.57. The van der Waals surface area contributed by atoms with Crippen LogP contribution in [-0.2, 0) is 33.5 Å². The van der Waals surface area contributed by atoms with Crippen LogP contribution in [0, 0.1) is 34.6 Å². The highest BCUT2D eigenvalue weighted by Crippen LogP contribution is 2.32. The number of nitrogens with two attached hydrogens (primary N) is 1. The van der Waals surface area contributed by atoms with E-state index in [-0.39, 0.29) is 19.4 Å². The van der Waals surface area contributed by atoms with Crippen LogP contribution in [0.15, 0.2) is 30.3 Å². The molecule has 1 fully saturated rings. The van der Waals surface area contributed by atoms with Gasteiger partial charge in [-0.3, -0.25) is 33.6 Å². The Hall–Kier alpha value is -5.52. The summed E-state index contributed by atoms with van der Waals surface area (Å²) in [6, 6.07) is 3.91. The summed E-state index contributed by atoms with van der Waals surface area (Å²) >= 11 is 0. The summed E-state index contributed by atoms with van der Waals surface area (Å²) in [6.07, 6.45) is -1.98. The minimum absolute atomic E-state index is 0.0752. The average Bonchev–Trinajstić information content (AvgIpc) is 3.56. The highest BCUT2D eigenvalue weighted by atomic mass is 19.2. The number of hydrogen-bond acceptors (Lipinski definition) is 9. The molecule has 1 aliphatic rings. The first-order valence-corrected chi connectivity index (χ1v) is 18.9. The number of carboxylic acid groups (broad SMARTS) is 1. The van der Waals surface area contributed by atoms with Crippen molar-refractivity contribution in [2.45, 2.75) is 117 Å². The van der Waals surface area contributed by atoms with Crippen LogP contribution in [0.3, 0.4) is 0 Å². The first kappa shape index (κ1) is 47.9. The number of benzene rings is 2. The summed E-state index contributed by atoms with van der Waals surface area (Å²) in [7, 11) is 0. The molecule has 1 aliphatic heterocycles. The van der Waals surface area contributed by atoms with E-state index in [9.17, 15) is 61.0 Å². The van der Waals surface area contributed by atoms with Crippen molar-refractivity contribution < 1.29 is 65.8 Å². The van der Waals surface area contributed by atoms with Crippen molar-refractivity contribution >= 4 is 46.9 Å². The number of aromatic carboxylic acids is 1. The van der Waals surface area contributed by atoms with Crippen molar-refractivity contribution in [3.8, 4) is 0 Å². The summed E-state index contributed by atoms with van der Waals surface area (Å²) < 4.78 is 63.8. The minimum atomic E-state index is -2.47. The van der Waals surface area contributed by atoms with Crippen molar-refractivity contribution in [3.05, 3.63) is 70.3 Å². The third kappa shape index (κ3) is 12.0. The lowest BCUT2D eigenvalue weighted by molar-refractivity contribution is -0.143. The van der Waals surface area contributed by atoms with Crippen molar-refractivity contribution in [1.82, 2.24) is 15.5 Å². The fourth-order valence-electron chi connectivity index (χ4n) is 6.82. The molecule has 18 heteroatoms. The number of nitrogens with zero attached hydrogens (tertiary/aromatic N) is 1. The fraction of sp³-hybridized carbons (Fsp3) is 0.512. The Bertz CT molecular complexity index is 1980. The maximum atomic E-state index is 14.9. The number of primary amides is 1. The molecular weight excluding hydrogens is 784 g/mol. The number of carboxylic acids is 1. The van der Waals surface area contributed by atoms with Crippen LogP contribution < -0.4 is 16.4 Å². The number of carbonyl (C=O) groups excluding carboxylic acids is 7. The lowest BCUT2D eigenvalue weighted by Gasteiger charge is -2.35. The van der Waals surface area contributed by atoms with Gasteiger partial charge in [-0.1, -0.05) is 64.4 Å². The first-order chi connectivity index (χ1) is 27.3. The van der Waals surface area contributed by atoms with Gasteiger partial charge in [-0.15, -0.1) is 0 Å². The van der Waals surface area contributed by atoms with E-state index in [4.69, 9.17) is 10.5 Å². The standard InChI is InChI=1S/C41H50F4N4O10/c1-8-12-21(34(53)24(50)15-16-26(52)47-33(36(46)54)20-13-10-9-11-14-20)17-25(51)23-18-22(59-41(5,6)7)19-49(23)38(56)35(40(2,3)4)48-37(55)27-28(39(57)58)30(43)32(45)31(44)29(27)42/h9-11,13-14,21-23,33,35H,8,12,15-19H2,1-7H3,(H2,46,54)(H,47,52)(H,48,55)(H,57,58)/t21?,22-,23+,33+,35-/m1/s1. The molecule has 2 aromatic carbocycles. The van der Waals surface area contributed by atoms with E-state index in [1.807, 2.05) is 0 Å². The summed E-state index contributed by atoms with van der Waals surface area (Å²) in [6.45, 7) is 11.0. The second-order valence-electron chi connectivity index (χ2n) is 16.4. The average molecular weight is 835 g/mol. The van der Waals surface area contributed by atoms with Crippen LogP contribution in [0.1, 0.15) is 119 Å². The molecule has 0 aromatic heterocycles. The molecule has 2 aromatic rings. The van der Waals surface area contributed by atoms with Crippen molar-refractivity contribution in [3.63, 3.8) is 0 Å². The van der Waals surface area contributed by atoms with Crippen LogP contribution in [0.2, 0.25) is 0 Å². The molecule has 14 nitrogen and oxygen atoms in total. The number of rotatable bonds is 18. The highest BCUT2D eigenvalue weighted by Gasteiger charge is 2.47. The number of amides is 4. The van der Waals surface area contributed by atoms with Gasteiger partial charge in [0.05, 0.1) is 23.3 Å². The fourth-order valence-corrected chi connectivity index (χ4v) is 6.82. The molecule has 59 heavy (non-hydrogen) atoms. The van der Waals surface area contributed by atoms with E-state index >= 15 is 0 Å². The van der Waals surface area contributed by atoms with E-state index in [0.717, 1.165) is 4.90 Å². The van der Waals surface area contributed by atoms with Gasteiger partial charge in [0.15, 0.2) is 34.8 Å². The van der Waals surface area contributed by atoms with E-state index in [1.54, 1.807) is 58.0 Å². The zero-order valence-electron chi connectivity index (χ0n) is 33.9. The lowest BCUT2D eigenvalue weighted by atomic mass is 9.84. The van der Waals surface area contributed by atoms with Gasteiger partial charge in [0.1, 0.15) is 17.6 Å². The number of carbonyl (C=O) groups is 8. The molecular formula is C41H50F4N4O10. The molecule has 4 amide bonds. The zero-order chi connectivity index (χ0) is 44.7. The predicted molar refractivity (Wildman–Crippen MR) is 202 cm³/mol. The summed E-state index contributed by atoms with van der Waals surface area (Å²) in [5.74, 6) is -19.9. The number of likely N-dealkylation sites (tertiary alicyclic amines) is 1. The van der Waals surface area contributed by atoms with E-state index in [2.05, 4.69) is 10.6 Å². The molecule has 5 N–H and O–H groups in total. The second-order valence-corrected chi connectivity index (χ2v) is 16.4. The van der Waals surface area contributed by atoms with Crippen LogP contribution in [0.25, 0.3) is 0 Å². The molecule has 5 atom stereocenters. The largest absolute Gasteiger partial charge is 0.478 e. The summed E-state index contributed by atoms with van der Waals surface area (Å²) in [4.78, 5) is 106. The number of ether oxygens (including phenoxy) is 1. The monoisotopic (exact) mass is 834 g/mol. The Morgan fingerprint density at radius 1 is 0.864 bits per heavy atom. The smallest absolute Gasteiger partial charge is 0.339 e. The van der Waals surface area contributed by atoms with E-state index in [0.29, 0.717) is 12.0 Å². The Morgan fingerprint density at radius 3 is 1.95 bits per heavy atom. The maximum Gasteiger partial charge on any atom is 0.339 e. The maximum absolute atomic E-state index is 14.9. The SMILES string of the molecule is CCCC(CC(=O)[C@@H]1C[C@@H](OC(C)(C)C)CN1C(=O)[C@@H](NC(=O)c1c(F)c(F)c(F)c(F)c1C(=O)O)C(C)(C)C)C(=O)C(=O)CCC(=O)N[C@H](C(N)=O)c1ccccc1. The van der Waals surface area contributed by atoms with Crippen LogP contribution >= 0.6 is 0 Å². The quantitative estimate of drug-likeness (QED) is 0.0713. The van der Waals surface area contributed by atoms with Gasteiger partial charge in [-0.2, -0.15) is 0 Å². The molecule has 0 bridgehead atoms. The third-order valence-corrected chi connectivity index (χ3v) is 9.57. The lowest BCUT2D eigenvalue weighted by Crippen LogP contribution is -2.57. The van der Waals surface area contributed by atoms with Gasteiger partial charge in [-0.25, -0.2) is 22.4 Å². The number of halogens is 4. The Morgan fingerprint density at radius 2 is 1.44 bits per heavy atom. The van der Waals surface area contributed by atoms with E-state index in [1.165, 1.54) is 20.8 Å². The van der Waals surface area contributed by atoms with Crippen LogP contribution in [0.4, 0.5) is 17.6 Å². The van der Waals surface area contributed by atoms with Crippen molar-refractivity contribution in [2.24, 2.45) is 17.1 Å². The van der Waals surface area contributed by atoms with Crippen molar-refractivity contribution in [2.75, 3.05) is 6.54 Å². The van der Waals surface area contributed by atoms with Gasteiger partial charge in [-0.05, 0) is 38.2 Å². The number of hydrogen-bond donors (Lipinski definition) is 4. The molecule has 0 spiro atoms. The molecule has 1 saturated heterocycles. The topological polar surface area (TPSA) is 219 Å². The minimum Gasteiger partial charge on any atom is -0.478 e. The molecule has 322 valence electrons. The number of nitrogens with one attached hydrogen (secondary N) is 2. The van der Waals surface area contributed by atoms with E-state index < -0.39 is 142 Å². The Kier molecular flexibility index (Phi) is 15.8. The van der Waals surface area contributed by atoms with Gasteiger partial charge in [0, 0.05) is 38.1 Å². The van der Waals surface area contributed by atoms with Gasteiger partial charge in [0.2, 0.25) is 23.5 Å². The second kappa shape index (κ2) is 19.5. The molecule has 3 rings (SSSR count). The number of Topliss-reactive ketones (excluding diaryl/α,β-unsaturated/α-hetero) is 3.